The minimum absolute atomic E-state index is 0.00991. The van der Waals surface area contributed by atoms with Crippen molar-refractivity contribution in [3.8, 4) is 0 Å². The molecule has 0 aliphatic heterocycles. The van der Waals surface area contributed by atoms with Crippen LogP contribution in [0.3, 0.4) is 0 Å². The van der Waals surface area contributed by atoms with Gasteiger partial charge in [0.2, 0.25) is 0 Å². The summed E-state index contributed by atoms with van der Waals surface area (Å²) >= 11 is 1.48. The van der Waals surface area contributed by atoms with Crippen molar-refractivity contribution in [1.82, 2.24) is 0 Å². The molecule has 0 aliphatic carbocycles. The molecule has 4 nitrogen and oxygen atoms in total. The van der Waals surface area contributed by atoms with Gasteiger partial charge in [-0.1, -0.05) is 13.8 Å². The number of carboxylic acid groups (broad SMARTS) is 2. The van der Waals surface area contributed by atoms with Crippen LogP contribution in [0.25, 0.3) is 0 Å². The molecule has 1 atom stereocenters. The van der Waals surface area contributed by atoms with Crippen LogP contribution in [0, 0.1) is 0 Å². The second-order valence-electron chi connectivity index (χ2n) is 3.69. The van der Waals surface area contributed by atoms with Crippen LogP contribution in [0.1, 0.15) is 41.0 Å². The van der Waals surface area contributed by atoms with Crippen molar-refractivity contribution in [2.24, 2.45) is 0 Å². The standard InChI is InChI=1S/C12H14O4S/c1-3-7(2)17-10-5-8(11(13)14)4-9(6-10)12(15)16/h4-7H,3H2,1-2H3,(H,13,14)(H,15,16). The number of carboxylic acids is 2. The van der Waals surface area contributed by atoms with E-state index in [0.29, 0.717) is 10.1 Å². The fourth-order valence-corrected chi connectivity index (χ4v) is 2.25. The van der Waals surface area contributed by atoms with Crippen molar-refractivity contribution in [1.29, 1.82) is 0 Å². The Bertz CT molecular complexity index is 410. The highest BCUT2D eigenvalue weighted by molar-refractivity contribution is 7.99. The molecule has 0 bridgehead atoms. The molecule has 0 fully saturated rings. The average molecular weight is 254 g/mol. The van der Waals surface area contributed by atoms with Crippen LogP contribution < -0.4 is 0 Å². The summed E-state index contributed by atoms with van der Waals surface area (Å²) in [4.78, 5) is 22.4. The summed E-state index contributed by atoms with van der Waals surface area (Å²) in [5, 5.41) is 18.1. The molecule has 1 unspecified atom stereocenters. The van der Waals surface area contributed by atoms with Gasteiger partial charge in [-0.25, -0.2) is 9.59 Å². The first-order valence-corrected chi connectivity index (χ1v) is 6.10. The Balaban J connectivity index is 3.12. The minimum atomic E-state index is -1.11. The van der Waals surface area contributed by atoms with Gasteiger partial charge in [0.05, 0.1) is 11.1 Å². The van der Waals surface area contributed by atoms with Gasteiger partial charge in [0.25, 0.3) is 0 Å². The van der Waals surface area contributed by atoms with Gasteiger partial charge in [0.15, 0.2) is 0 Å². The Labute approximate surface area is 104 Å². The Kier molecular flexibility index (Phi) is 4.57. The molecule has 0 saturated heterocycles. The summed E-state index contributed by atoms with van der Waals surface area (Å²) in [6, 6.07) is 4.18. The van der Waals surface area contributed by atoms with Gasteiger partial charge >= 0.3 is 11.9 Å². The minimum Gasteiger partial charge on any atom is -0.478 e. The largest absolute Gasteiger partial charge is 0.478 e. The molecule has 1 aromatic carbocycles. The molecule has 0 amide bonds. The van der Waals surface area contributed by atoms with E-state index < -0.39 is 11.9 Å². The smallest absolute Gasteiger partial charge is 0.335 e. The average Bonchev–Trinajstić information content (AvgIpc) is 2.28. The lowest BCUT2D eigenvalue weighted by molar-refractivity contribution is 0.0696. The molecule has 1 rings (SSSR count). The topological polar surface area (TPSA) is 74.6 Å². The zero-order valence-corrected chi connectivity index (χ0v) is 10.5. The summed E-state index contributed by atoms with van der Waals surface area (Å²) in [6.07, 6.45) is 0.935. The van der Waals surface area contributed by atoms with E-state index >= 15 is 0 Å². The Hall–Kier alpha value is -1.49. The highest BCUT2D eigenvalue weighted by Gasteiger charge is 2.12. The van der Waals surface area contributed by atoms with Gasteiger partial charge in [0, 0.05) is 10.1 Å². The van der Waals surface area contributed by atoms with Crippen LogP contribution in [0.15, 0.2) is 23.1 Å². The molecule has 0 aromatic heterocycles. The molecule has 2 N–H and O–H groups in total. The number of carbonyl (C=O) groups is 2. The molecule has 0 heterocycles. The highest BCUT2D eigenvalue weighted by atomic mass is 32.2. The molecule has 0 saturated carbocycles. The van der Waals surface area contributed by atoms with E-state index in [2.05, 4.69) is 0 Å². The summed E-state index contributed by atoms with van der Waals surface area (Å²) in [7, 11) is 0. The molecule has 92 valence electrons. The van der Waals surface area contributed by atoms with Gasteiger partial charge < -0.3 is 10.2 Å². The van der Waals surface area contributed by atoms with E-state index in [0.717, 1.165) is 6.42 Å². The van der Waals surface area contributed by atoms with E-state index in [1.165, 1.54) is 30.0 Å². The van der Waals surface area contributed by atoms with E-state index in [4.69, 9.17) is 10.2 Å². The lowest BCUT2D eigenvalue weighted by Crippen LogP contribution is -2.03. The fourth-order valence-electron chi connectivity index (χ4n) is 1.23. The van der Waals surface area contributed by atoms with Crippen LogP contribution in [-0.4, -0.2) is 27.4 Å². The molecule has 0 aliphatic rings. The van der Waals surface area contributed by atoms with Crippen molar-refractivity contribution >= 4 is 23.7 Å². The number of rotatable bonds is 5. The van der Waals surface area contributed by atoms with E-state index in [9.17, 15) is 9.59 Å². The zero-order valence-electron chi connectivity index (χ0n) is 9.64. The number of aromatic carboxylic acids is 2. The predicted molar refractivity (Wildman–Crippen MR) is 66.0 cm³/mol. The second-order valence-corrected chi connectivity index (χ2v) is 5.20. The Morgan fingerprint density at radius 3 is 2.00 bits per heavy atom. The van der Waals surface area contributed by atoms with Gasteiger partial charge in [-0.3, -0.25) is 0 Å². The number of hydrogen-bond acceptors (Lipinski definition) is 3. The molecule has 0 spiro atoms. The fraction of sp³-hybridized carbons (Fsp3) is 0.333. The van der Waals surface area contributed by atoms with Crippen molar-refractivity contribution in [2.75, 3.05) is 0 Å². The van der Waals surface area contributed by atoms with Gasteiger partial charge in [-0.15, -0.1) is 11.8 Å². The second kappa shape index (κ2) is 5.72. The molecule has 1 aromatic rings. The van der Waals surface area contributed by atoms with Crippen molar-refractivity contribution < 1.29 is 19.8 Å². The Morgan fingerprint density at radius 2 is 1.65 bits per heavy atom. The lowest BCUT2D eigenvalue weighted by Gasteiger charge is -2.09. The maximum atomic E-state index is 10.9. The van der Waals surface area contributed by atoms with Gasteiger partial charge in [0.1, 0.15) is 0 Å². The SMILES string of the molecule is CCC(C)Sc1cc(C(=O)O)cc(C(=O)O)c1. The van der Waals surface area contributed by atoms with E-state index in [1.807, 2.05) is 13.8 Å². The normalized spacial score (nSPS) is 12.1. The third-order valence-corrected chi connectivity index (χ3v) is 3.56. The molecule has 0 radical (unpaired) electrons. The van der Waals surface area contributed by atoms with E-state index in [-0.39, 0.29) is 11.1 Å². The number of benzene rings is 1. The Morgan fingerprint density at radius 1 is 1.18 bits per heavy atom. The summed E-state index contributed by atoms with van der Waals surface area (Å²) in [6.45, 7) is 4.04. The maximum absolute atomic E-state index is 10.9. The molecule has 17 heavy (non-hydrogen) atoms. The van der Waals surface area contributed by atoms with Crippen molar-refractivity contribution in [2.45, 2.75) is 30.4 Å². The van der Waals surface area contributed by atoms with Crippen LogP contribution in [0.5, 0.6) is 0 Å². The zero-order chi connectivity index (χ0) is 13.0. The molecular formula is C12H14O4S. The summed E-state index contributed by atoms with van der Waals surface area (Å²) in [5.74, 6) is -2.22. The quantitative estimate of drug-likeness (QED) is 0.790. The summed E-state index contributed by atoms with van der Waals surface area (Å²) < 4.78 is 0. The first-order chi connectivity index (χ1) is 7.93. The first kappa shape index (κ1) is 13.6. The van der Waals surface area contributed by atoms with Crippen LogP contribution in [0.2, 0.25) is 0 Å². The van der Waals surface area contributed by atoms with Crippen LogP contribution >= 0.6 is 11.8 Å². The summed E-state index contributed by atoms with van der Waals surface area (Å²) in [5.41, 5.74) is 0.0198. The molecular weight excluding hydrogens is 240 g/mol. The first-order valence-electron chi connectivity index (χ1n) is 5.22. The van der Waals surface area contributed by atoms with Crippen molar-refractivity contribution in [3.05, 3.63) is 29.3 Å². The van der Waals surface area contributed by atoms with Gasteiger partial charge in [-0.2, -0.15) is 0 Å². The van der Waals surface area contributed by atoms with E-state index in [1.54, 1.807) is 0 Å². The van der Waals surface area contributed by atoms with Crippen LogP contribution in [-0.2, 0) is 0 Å². The lowest BCUT2D eigenvalue weighted by atomic mass is 10.1. The van der Waals surface area contributed by atoms with Crippen LogP contribution in [0.4, 0.5) is 0 Å². The van der Waals surface area contributed by atoms with Gasteiger partial charge in [-0.05, 0) is 24.6 Å². The number of thioether (sulfide) groups is 1. The predicted octanol–water partition coefficient (Wildman–Crippen LogP) is 2.97. The monoisotopic (exact) mass is 254 g/mol. The number of hydrogen-bond donors (Lipinski definition) is 2. The van der Waals surface area contributed by atoms with Crippen molar-refractivity contribution in [3.63, 3.8) is 0 Å². The molecule has 5 heteroatoms. The maximum Gasteiger partial charge on any atom is 0.335 e. The third-order valence-electron chi connectivity index (χ3n) is 2.31. The highest BCUT2D eigenvalue weighted by Crippen LogP contribution is 2.27. The third kappa shape index (κ3) is 3.78.